The molecule has 0 spiro atoms. The molecule has 0 aliphatic carbocycles. The highest BCUT2D eigenvalue weighted by molar-refractivity contribution is 7.99. The van der Waals surface area contributed by atoms with Crippen molar-refractivity contribution < 1.29 is 9.00 Å². The van der Waals surface area contributed by atoms with Crippen molar-refractivity contribution in [2.45, 2.75) is 22.1 Å². The Kier molecular flexibility index (Phi) is 5.59. The topological polar surface area (TPSA) is 46.2 Å². The van der Waals surface area contributed by atoms with E-state index in [9.17, 15) is 9.00 Å². The smallest absolute Gasteiger partial charge is 0.208 e. The Hall–Kier alpha value is -1.59. The van der Waals surface area contributed by atoms with Gasteiger partial charge in [-0.3, -0.25) is 9.00 Å². The van der Waals surface area contributed by atoms with Gasteiger partial charge in [0.05, 0.1) is 0 Å². The summed E-state index contributed by atoms with van der Waals surface area (Å²) >= 11 is 1.55. The minimum Gasteiger partial charge on any atom is -0.342 e. The Labute approximate surface area is 131 Å². The minimum atomic E-state index is -1.03. The van der Waals surface area contributed by atoms with E-state index in [-0.39, 0.29) is 5.37 Å². The van der Waals surface area contributed by atoms with E-state index in [1.807, 2.05) is 55.5 Å². The molecule has 0 saturated carbocycles. The predicted octanol–water partition coefficient (Wildman–Crippen LogP) is 3.27. The van der Waals surface area contributed by atoms with Gasteiger partial charge in [0.25, 0.3) is 0 Å². The molecule has 0 heterocycles. The molecule has 0 fully saturated rings. The second-order valence-electron chi connectivity index (χ2n) is 4.62. The molecule has 2 rings (SSSR count). The molecule has 3 nitrogen and oxygen atoms in total. The Morgan fingerprint density at radius 3 is 2.52 bits per heavy atom. The molecule has 0 aliphatic rings. The summed E-state index contributed by atoms with van der Waals surface area (Å²) in [6.07, 6.45) is 2.34. The van der Waals surface area contributed by atoms with Gasteiger partial charge in [0, 0.05) is 26.8 Å². The van der Waals surface area contributed by atoms with Crippen LogP contribution in [0.15, 0.2) is 58.3 Å². The van der Waals surface area contributed by atoms with Crippen molar-refractivity contribution in [1.82, 2.24) is 5.32 Å². The average molecular weight is 319 g/mol. The number of nitrogens with one attached hydrogen (secondary N) is 1. The standard InChI is InChI=1S/C16H17NO2S2/c1-12-6-8-14(9-7-12)20-16(17-11-18)13-4-3-5-15(10-13)21(2)19/h3-11,16H,1-2H3,(H,17,18). The van der Waals surface area contributed by atoms with Gasteiger partial charge in [-0.25, -0.2) is 0 Å². The normalized spacial score (nSPS) is 13.4. The van der Waals surface area contributed by atoms with Crippen LogP contribution in [0.25, 0.3) is 0 Å². The minimum absolute atomic E-state index is 0.200. The quantitative estimate of drug-likeness (QED) is 0.505. The number of aryl methyl sites for hydroxylation is 1. The lowest BCUT2D eigenvalue weighted by molar-refractivity contribution is -0.109. The first-order valence-electron chi connectivity index (χ1n) is 6.46. The molecule has 21 heavy (non-hydrogen) atoms. The molecule has 1 amide bonds. The average Bonchev–Trinajstić information content (AvgIpc) is 2.49. The second-order valence-corrected chi connectivity index (χ2v) is 7.18. The Morgan fingerprint density at radius 1 is 1.19 bits per heavy atom. The zero-order valence-electron chi connectivity index (χ0n) is 11.9. The summed E-state index contributed by atoms with van der Waals surface area (Å²) in [6, 6.07) is 15.6. The summed E-state index contributed by atoms with van der Waals surface area (Å²) in [5.74, 6) is 0. The van der Waals surface area contributed by atoms with Crippen LogP contribution in [0.3, 0.4) is 0 Å². The summed E-state index contributed by atoms with van der Waals surface area (Å²) in [6.45, 7) is 2.04. The zero-order valence-corrected chi connectivity index (χ0v) is 13.5. The highest BCUT2D eigenvalue weighted by Crippen LogP contribution is 2.33. The maximum atomic E-state index is 11.6. The van der Waals surface area contributed by atoms with Crippen molar-refractivity contribution in [3.63, 3.8) is 0 Å². The van der Waals surface area contributed by atoms with E-state index in [4.69, 9.17) is 0 Å². The van der Waals surface area contributed by atoms with Gasteiger partial charge >= 0.3 is 0 Å². The maximum Gasteiger partial charge on any atom is 0.208 e. The third-order valence-electron chi connectivity index (χ3n) is 2.99. The number of thioether (sulfide) groups is 1. The number of carbonyl (C=O) groups excluding carboxylic acids is 1. The summed E-state index contributed by atoms with van der Waals surface area (Å²) in [5.41, 5.74) is 2.13. The van der Waals surface area contributed by atoms with Crippen LogP contribution < -0.4 is 5.32 Å². The van der Waals surface area contributed by atoms with Gasteiger partial charge in [0.2, 0.25) is 6.41 Å². The number of hydrogen-bond donors (Lipinski definition) is 1. The molecule has 0 aromatic heterocycles. The van der Waals surface area contributed by atoms with E-state index >= 15 is 0 Å². The maximum absolute atomic E-state index is 11.6. The number of carbonyl (C=O) groups is 1. The molecule has 0 bridgehead atoms. The van der Waals surface area contributed by atoms with Crippen LogP contribution in [0.1, 0.15) is 16.5 Å². The van der Waals surface area contributed by atoms with E-state index in [1.54, 1.807) is 18.0 Å². The SMILES string of the molecule is Cc1ccc(SC(NC=O)c2cccc(S(C)=O)c2)cc1. The number of benzene rings is 2. The van der Waals surface area contributed by atoms with Crippen LogP contribution in [-0.2, 0) is 15.6 Å². The predicted molar refractivity (Wildman–Crippen MR) is 87.8 cm³/mol. The largest absolute Gasteiger partial charge is 0.342 e. The van der Waals surface area contributed by atoms with E-state index in [0.717, 1.165) is 15.4 Å². The highest BCUT2D eigenvalue weighted by atomic mass is 32.2. The van der Waals surface area contributed by atoms with Gasteiger partial charge < -0.3 is 5.32 Å². The molecule has 2 atom stereocenters. The third kappa shape index (κ3) is 4.44. The third-order valence-corrected chi connectivity index (χ3v) is 5.09. The van der Waals surface area contributed by atoms with E-state index in [0.29, 0.717) is 6.41 Å². The highest BCUT2D eigenvalue weighted by Gasteiger charge is 2.13. The van der Waals surface area contributed by atoms with Crippen molar-refractivity contribution in [3.05, 3.63) is 59.7 Å². The molecule has 2 unspecified atom stereocenters. The monoisotopic (exact) mass is 319 g/mol. The molecule has 110 valence electrons. The van der Waals surface area contributed by atoms with Gasteiger partial charge in [0.1, 0.15) is 5.37 Å². The van der Waals surface area contributed by atoms with Crippen molar-refractivity contribution >= 4 is 29.0 Å². The first kappa shape index (κ1) is 15.8. The molecule has 2 aromatic rings. The molecule has 5 heteroatoms. The van der Waals surface area contributed by atoms with Gasteiger partial charge in [-0.15, -0.1) is 0 Å². The number of rotatable bonds is 6. The van der Waals surface area contributed by atoms with Crippen LogP contribution in [0, 0.1) is 6.92 Å². The van der Waals surface area contributed by atoms with Gasteiger partial charge in [-0.1, -0.05) is 41.6 Å². The fourth-order valence-electron chi connectivity index (χ4n) is 1.87. The first-order chi connectivity index (χ1) is 10.1. The molecule has 2 aromatic carbocycles. The Balaban J connectivity index is 2.25. The zero-order chi connectivity index (χ0) is 15.2. The molecule has 0 aliphatic heterocycles. The van der Waals surface area contributed by atoms with Crippen LogP contribution in [0.4, 0.5) is 0 Å². The molecule has 0 saturated heterocycles. The Bertz CT molecular complexity index is 641. The van der Waals surface area contributed by atoms with Gasteiger partial charge in [0.15, 0.2) is 0 Å². The van der Waals surface area contributed by atoms with Gasteiger partial charge in [-0.05, 0) is 36.8 Å². The van der Waals surface area contributed by atoms with Crippen LogP contribution in [0.5, 0.6) is 0 Å². The lowest BCUT2D eigenvalue weighted by Gasteiger charge is -2.17. The van der Waals surface area contributed by atoms with Crippen molar-refractivity contribution in [3.8, 4) is 0 Å². The molecule has 1 N–H and O–H groups in total. The fraction of sp³-hybridized carbons (Fsp3) is 0.188. The lowest BCUT2D eigenvalue weighted by Crippen LogP contribution is -2.16. The van der Waals surface area contributed by atoms with Crippen LogP contribution in [-0.4, -0.2) is 16.9 Å². The number of hydrogen-bond acceptors (Lipinski definition) is 3. The summed E-state index contributed by atoms with van der Waals surface area (Å²) < 4.78 is 11.6. The van der Waals surface area contributed by atoms with Crippen molar-refractivity contribution in [1.29, 1.82) is 0 Å². The Morgan fingerprint density at radius 2 is 1.90 bits per heavy atom. The van der Waals surface area contributed by atoms with Crippen molar-refractivity contribution in [2.24, 2.45) is 0 Å². The molecular formula is C16H17NO2S2. The van der Waals surface area contributed by atoms with Crippen LogP contribution in [0.2, 0.25) is 0 Å². The fourth-order valence-corrected chi connectivity index (χ4v) is 3.41. The summed E-state index contributed by atoms with van der Waals surface area (Å²) in [5, 5.41) is 2.61. The first-order valence-corrected chi connectivity index (χ1v) is 8.90. The summed E-state index contributed by atoms with van der Waals surface area (Å²) in [4.78, 5) is 12.7. The molecule has 0 radical (unpaired) electrons. The molecular weight excluding hydrogens is 302 g/mol. The summed E-state index contributed by atoms with van der Waals surface area (Å²) in [7, 11) is -1.03. The van der Waals surface area contributed by atoms with E-state index in [2.05, 4.69) is 5.32 Å². The number of amides is 1. The second kappa shape index (κ2) is 7.43. The van der Waals surface area contributed by atoms with E-state index in [1.165, 1.54) is 5.56 Å². The lowest BCUT2D eigenvalue weighted by atomic mass is 10.2. The van der Waals surface area contributed by atoms with Gasteiger partial charge in [-0.2, -0.15) is 0 Å². The van der Waals surface area contributed by atoms with E-state index < -0.39 is 10.8 Å². The van der Waals surface area contributed by atoms with Crippen LogP contribution >= 0.6 is 11.8 Å². The van der Waals surface area contributed by atoms with Crippen molar-refractivity contribution in [2.75, 3.05) is 6.26 Å².